The molecule has 1 aromatic carbocycles. The second-order valence-corrected chi connectivity index (χ2v) is 4.73. The summed E-state index contributed by atoms with van der Waals surface area (Å²) in [6, 6.07) is 7.90. The normalized spacial score (nSPS) is 10.2. The van der Waals surface area contributed by atoms with Crippen molar-refractivity contribution in [1.29, 1.82) is 0 Å². The highest BCUT2D eigenvalue weighted by Gasteiger charge is 2.10. The SMILES string of the molecule is CNc1ncc(Cl)c(N(C)Cc2ccc(OC)cc2)n1. The van der Waals surface area contributed by atoms with Crippen LogP contribution in [0.15, 0.2) is 30.5 Å². The number of benzene rings is 1. The molecule has 0 aliphatic rings. The lowest BCUT2D eigenvalue weighted by atomic mass is 10.2. The number of nitrogens with zero attached hydrogens (tertiary/aromatic N) is 3. The Labute approximate surface area is 123 Å². The zero-order valence-electron chi connectivity index (χ0n) is 11.7. The minimum atomic E-state index is 0.528. The number of halogens is 1. The molecule has 0 bridgehead atoms. The van der Waals surface area contributed by atoms with Crippen molar-refractivity contribution in [2.45, 2.75) is 6.54 Å². The van der Waals surface area contributed by atoms with E-state index in [1.165, 1.54) is 0 Å². The average Bonchev–Trinajstić information content (AvgIpc) is 2.48. The van der Waals surface area contributed by atoms with Crippen LogP contribution in [0.5, 0.6) is 5.75 Å². The van der Waals surface area contributed by atoms with E-state index in [2.05, 4.69) is 15.3 Å². The fourth-order valence-corrected chi connectivity index (χ4v) is 2.06. The Bertz CT molecular complexity index is 574. The van der Waals surface area contributed by atoms with Gasteiger partial charge < -0.3 is 15.0 Å². The lowest BCUT2D eigenvalue weighted by molar-refractivity contribution is 0.414. The van der Waals surface area contributed by atoms with Crippen molar-refractivity contribution < 1.29 is 4.74 Å². The van der Waals surface area contributed by atoms with Crippen LogP contribution in [0, 0.1) is 0 Å². The van der Waals surface area contributed by atoms with Gasteiger partial charge in [0.05, 0.1) is 13.3 Å². The fraction of sp³-hybridized carbons (Fsp3) is 0.286. The second-order valence-electron chi connectivity index (χ2n) is 4.32. The Kier molecular flexibility index (Phi) is 4.63. The summed E-state index contributed by atoms with van der Waals surface area (Å²) in [4.78, 5) is 10.4. The van der Waals surface area contributed by atoms with Crippen LogP contribution < -0.4 is 15.0 Å². The molecule has 0 aliphatic carbocycles. The highest BCUT2D eigenvalue weighted by molar-refractivity contribution is 6.32. The van der Waals surface area contributed by atoms with Crippen molar-refractivity contribution in [3.63, 3.8) is 0 Å². The molecule has 0 saturated carbocycles. The predicted octanol–water partition coefficient (Wildman–Crippen LogP) is 2.82. The van der Waals surface area contributed by atoms with E-state index in [0.717, 1.165) is 11.3 Å². The van der Waals surface area contributed by atoms with E-state index in [-0.39, 0.29) is 0 Å². The Hall–Kier alpha value is -2.01. The van der Waals surface area contributed by atoms with Gasteiger partial charge in [0.2, 0.25) is 5.95 Å². The van der Waals surface area contributed by atoms with E-state index >= 15 is 0 Å². The molecular formula is C14H17ClN4O. The van der Waals surface area contributed by atoms with Gasteiger partial charge in [-0.05, 0) is 17.7 Å². The van der Waals surface area contributed by atoms with Crippen LogP contribution in [-0.4, -0.2) is 31.2 Å². The topological polar surface area (TPSA) is 50.3 Å². The molecule has 0 atom stereocenters. The third-order valence-electron chi connectivity index (χ3n) is 2.89. The van der Waals surface area contributed by atoms with Crippen LogP contribution >= 0.6 is 11.6 Å². The van der Waals surface area contributed by atoms with E-state index in [9.17, 15) is 0 Å². The molecule has 0 unspecified atom stereocenters. The molecule has 0 spiro atoms. The van der Waals surface area contributed by atoms with Crippen molar-refractivity contribution in [2.24, 2.45) is 0 Å². The lowest BCUT2D eigenvalue weighted by Crippen LogP contribution is -2.19. The molecule has 0 saturated heterocycles. The molecule has 0 fully saturated rings. The molecule has 1 aromatic heterocycles. The van der Waals surface area contributed by atoms with Gasteiger partial charge in [-0.2, -0.15) is 4.98 Å². The van der Waals surface area contributed by atoms with Gasteiger partial charge in [-0.25, -0.2) is 4.98 Å². The van der Waals surface area contributed by atoms with Crippen molar-refractivity contribution in [2.75, 3.05) is 31.4 Å². The molecule has 0 aliphatic heterocycles. The maximum Gasteiger partial charge on any atom is 0.224 e. The van der Waals surface area contributed by atoms with Gasteiger partial charge in [0.15, 0.2) is 5.82 Å². The van der Waals surface area contributed by atoms with Crippen LogP contribution in [0.4, 0.5) is 11.8 Å². The van der Waals surface area contributed by atoms with Crippen LogP contribution in [0.25, 0.3) is 0 Å². The van der Waals surface area contributed by atoms with E-state index in [1.807, 2.05) is 36.2 Å². The first kappa shape index (κ1) is 14.4. The number of hydrogen-bond donors (Lipinski definition) is 1. The standard InChI is InChI=1S/C14H17ClN4O/c1-16-14-17-8-12(15)13(18-14)19(2)9-10-4-6-11(20-3)7-5-10/h4-8H,9H2,1-3H3,(H,16,17,18). The predicted molar refractivity (Wildman–Crippen MR) is 81.7 cm³/mol. The van der Waals surface area contributed by atoms with Gasteiger partial charge in [0, 0.05) is 20.6 Å². The number of methoxy groups -OCH3 is 1. The first-order chi connectivity index (χ1) is 9.63. The summed E-state index contributed by atoms with van der Waals surface area (Å²) in [6.07, 6.45) is 1.60. The van der Waals surface area contributed by atoms with Crippen LogP contribution in [0.2, 0.25) is 5.02 Å². The van der Waals surface area contributed by atoms with Gasteiger partial charge in [-0.15, -0.1) is 0 Å². The molecule has 2 rings (SSSR count). The average molecular weight is 293 g/mol. The zero-order valence-corrected chi connectivity index (χ0v) is 12.5. The van der Waals surface area contributed by atoms with Crippen LogP contribution in [-0.2, 0) is 6.54 Å². The summed E-state index contributed by atoms with van der Waals surface area (Å²) >= 11 is 6.15. The number of anilines is 2. The van der Waals surface area contributed by atoms with Gasteiger partial charge in [-0.3, -0.25) is 0 Å². The Morgan fingerprint density at radius 3 is 2.60 bits per heavy atom. The highest BCUT2D eigenvalue weighted by atomic mass is 35.5. The summed E-state index contributed by atoms with van der Waals surface area (Å²) < 4.78 is 5.14. The van der Waals surface area contributed by atoms with E-state index in [1.54, 1.807) is 20.4 Å². The number of aromatic nitrogens is 2. The monoisotopic (exact) mass is 292 g/mol. The molecular weight excluding hydrogens is 276 g/mol. The van der Waals surface area contributed by atoms with Crippen molar-refractivity contribution in [3.05, 3.63) is 41.0 Å². The number of ether oxygens (including phenoxy) is 1. The molecule has 1 heterocycles. The minimum absolute atomic E-state index is 0.528. The molecule has 5 nitrogen and oxygen atoms in total. The van der Waals surface area contributed by atoms with Crippen LogP contribution in [0.1, 0.15) is 5.56 Å². The Morgan fingerprint density at radius 1 is 1.30 bits per heavy atom. The fourth-order valence-electron chi connectivity index (χ4n) is 1.83. The summed E-state index contributed by atoms with van der Waals surface area (Å²) in [5.74, 6) is 2.08. The molecule has 1 N–H and O–H groups in total. The summed E-state index contributed by atoms with van der Waals surface area (Å²) in [5, 5.41) is 3.43. The van der Waals surface area contributed by atoms with Gasteiger partial charge in [0.25, 0.3) is 0 Å². The summed E-state index contributed by atoms with van der Waals surface area (Å²) in [5.41, 5.74) is 1.15. The van der Waals surface area contributed by atoms with E-state index < -0.39 is 0 Å². The third-order valence-corrected chi connectivity index (χ3v) is 3.16. The Morgan fingerprint density at radius 2 is 2.00 bits per heavy atom. The van der Waals surface area contributed by atoms with Crippen molar-refractivity contribution in [1.82, 2.24) is 9.97 Å². The lowest BCUT2D eigenvalue weighted by Gasteiger charge is -2.19. The number of hydrogen-bond acceptors (Lipinski definition) is 5. The van der Waals surface area contributed by atoms with E-state index in [0.29, 0.717) is 23.3 Å². The Balaban J connectivity index is 2.16. The van der Waals surface area contributed by atoms with E-state index in [4.69, 9.17) is 16.3 Å². The molecule has 0 amide bonds. The minimum Gasteiger partial charge on any atom is -0.497 e. The molecule has 20 heavy (non-hydrogen) atoms. The van der Waals surface area contributed by atoms with Gasteiger partial charge in [0.1, 0.15) is 10.8 Å². The maximum absolute atomic E-state index is 6.15. The summed E-state index contributed by atoms with van der Waals surface area (Å²) in [7, 11) is 5.37. The van der Waals surface area contributed by atoms with Gasteiger partial charge >= 0.3 is 0 Å². The number of rotatable bonds is 5. The third kappa shape index (κ3) is 3.30. The van der Waals surface area contributed by atoms with Crippen LogP contribution in [0.3, 0.4) is 0 Å². The summed E-state index contributed by atoms with van der Waals surface area (Å²) in [6.45, 7) is 0.698. The second kappa shape index (κ2) is 6.43. The molecule has 6 heteroatoms. The van der Waals surface area contributed by atoms with Gasteiger partial charge in [-0.1, -0.05) is 23.7 Å². The first-order valence-corrected chi connectivity index (χ1v) is 6.56. The number of nitrogens with one attached hydrogen (secondary N) is 1. The molecule has 106 valence electrons. The zero-order chi connectivity index (χ0) is 14.5. The van der Waals surface area contributed by atoms with Crippen molar-refractivity contribution in [3.8, 4) is 5.75 Å². The smallest absolute Gasteiger partial charge is 0.224 e. The first-order valence-electron chi connectivity index (χ1n) is 6.18. The highest BCUT2D eigenvalue weighted by Crippen LogP contribution is 2.24. The molecule has 2 aromatic rings. The quantitative estimate of drug-likeness (QED) is 0.918. The molecule has 0 radical (unpaired) electrons. The van der Waals surface area contributed by atoms with Crippen molar-refractivity contribution >= 4 is 23.4 Å². The largest absolute Gasteiger partial charge is 0.497 e. The maximum atomic E-state index is 6.15.